The molecule has 2 aromatic rings. The van der Waals surface area contributed by atoms with Crippen molar-refractivity contribution >= 4 is 29.3 Å². The summed E-state index contributed by atoms with van der Waals surface area (Å²) in [6.07, 6.45) is 0. The first-order valence-electron chi connectivity index (χ1n) is 6.47. The number of aliphatic carboxylic acids is 1. The number of benzene rings is 2. The fourth-order valence-corrected chi connectivity index (χ4v) is 2.68. The summed E-state index contributed by atoms with van der Waals surface area (Å²) in [6.45, 7) is -0.660. The number of hydrogen-bond donors (Lipinski definition) is 1. The molecule has 0 aliphatic rings. The minimum Gasteiger partial charge on any atom is -0.548 e. The molecule has 7 nitrogen and oxygen atoms in total. The van der Waals surface area contributed by atoms with Gasteiger partial charge in [0.25, 0.3) is 11.6 Å². The van der Waals surface area contributed by atoms with Crippen molar-refractivity contribution in [2.24, 2.45) is 0 Å². The lowest BCUT2D eigenvalue weighted by molar-refractivity contribution is -0.387. The molecule has 23 heavy (non-hydrogen) atoms. The fraction of sp³-hybridized carbons (Fsp3) is 0.0667. The Bertz CT molecular complexity index is 749. The maximum Gasteiger partial charge on any atom is 0.284 e. The monoisotopic (exact) mass is 331 g/mol. The van der Waals surface area contributed by atoms with Gasteiger partial charge in [-0.1, -0.05) is 30.0 Å². The summed E-state index contributed by atoms with van der Waals surface area (Å²) in [4.78, 5) is 33.9. The van der Waals surface area contributed by atoms with Crippen LogP contribution in [0.3, 0.4) is 0 Å². The molecule has 0 aliphatic heterocycles. The number of carbonyl (C=O) groups is 2. The summed E-state index contributed by atoms with van der Waals surface area (Å²) in [5, 5.41) is 23.6. The van der Waals surface area contributed by atoms with Crippen LogP contribution in [0.5, 0.6) is 0 Å². The number of nitro benzene ring substituents is 1. The molecule has 0 atom stereocenters. The van der Waals surface area contributed by atoms with E-state index in [-0.39, 0.29) is 11.3 Å². The second kappa shape index (κ2) is 7.41. The number of carbonyl (C=O) groups excluding carboxylic acids is 2. The molecule has 0 bridgehead atoms. The summed E-state index contributed by atoms with van der Waals surface area (Å²) in [5.74, 6) is -2.15. The standard InChI is InChI=1S/C15H12N2O5S/c18-14(19)9-16-15(20)10-6-7-13(12(8-10)17(21)22)23-11-4-2-1-3-5-11/h1-8H,9H2,(H,16,20)(H,18,19)/p-1. The summed E-state index contributed by atoms with van der Waals surface area (Å²) in [7, 11) is 0. The smallest absolute Gasteiger partial charge is 0.284 e. The van der Waals surface area contributed by atoms with Crippen molar-refractivity contribution in [1.82, 2.24) is 5.32 Å². The molecule has 0 saturated carbocycles. The van der Waals surface area contributed by atoms with E-state index in [9.17, 15) is 24.8 Å². The Kier molecular flexibility index (Phi) is 5.32. The summed E-state index contributed by atoms with van der Waals surface area (Å²) in [5.41, 5.74) is -0.213. The van der Waals surface area contributed by atoms with Gasteiger partial charge in [0.1, 0.15) is 0 Å². The number of nitrogens with zero attached hydrogens (tertiary/aromatic N) is 1. The van der Waals surface area contributed by atoms with Crippen LogP contribution < -0.4 is 10.4 Å². The SMILES string of the molecule is O=C([O-])CNC(=O)c1ccc(Sc2ccccc2)c([N+](=O)[O-])c1. The second-order valence-electron chi connectivity index (χ2n) is 4.41. The zero-order valence-corrected chi connectivity index (χ0v) is 12.5. The Morgan fingerprint density at radius 3 is 2.43 bits per heavy atom. The quantitative estimate of drug-likeness (QED) is 0.629. The number of hydrogen-bond acceptors (Lipinski definition) is 6. The van der Waals surface area contributed by atoms with Gasteiger partial charge in [0.2, 0.25) is 0 Å². The normalized spacial score (nSPS) is 10.1. The molecule has 1 N–H and O–H groups in total. The van der Waals surface area contributed by atoms with E-state index in [1.807, 2.05) is 30.3 Å². The maximum absolute atomic E-state index is 11.8. The van der Waals surface area contributed by atoms with E-state index in [1.54, 1.807) is 0 Å². The minimum absolute atomic E-state index is 0.00959. The summed E-state index contributed by atoms with van der Waals surface area (Å²) < 4.78 is 0. The number of nitrogens with one attached hydrogen (secondary N) is 1. The predicted octanol–water partition coefficient (Wildman–Crippen LogP) is 1.23. The minimum atomic E-state index is -1.44. The number of nitro groups is 1. The van der Waals surface area contributed by atoms with Crippen molar-refractivity contribution in [2.75, 3.05) is 6.54 Å². The highest BCUT2D eigenvalue weighted by molar-refractivity contribution is 7.99. The number of rotatable bonds is 6. The molecule has 0 radical (unpaired) electrons. The van der Waals surface area contributed by atoms with Crippen LogP contribution in [0.2, 0.25) is 0 Å². The molecule has 0 spiro atoms. The fourth-order valence-electron chi connectivity index (χ4n) is 1.76. The van der Waals surface area contributed by atoms with Crippen molar-refractivity contribution in [1.29, 1.82) is 0 Å². The topological polar surface area (TPSA) is 112 Å². The van der Waals surface area contributed by atoms with Crippen LogP contribution >= 0.6 is 11.8 Å². The van der Waals surface area contributed by atoms with Crippen molar-refractivity contribution in [3.8, 4) is 0 Å². The molecule has 0 heterocycles. The van der Waals surface area contributed by atoms with Gasteiger partial charge >= 0.3 is 0 Å². The van der Waals surface area contributed by atoms with Crippen molar-refractivity contribution in [2.45, 2.75) is 9.79 Å². The van der Waals surface area contributed by atoms with Gasteiger partial charge in [-0.05, 0) is 24.3 Å². The molecule has 118 valence electrons. The van der Waals surface area contributed by atoms with Crippen LogP contribution in [0.1, 0.15) is 10.4 Å². The first-order chi connectivity index (χ1) is 11.0. The Labute approximate surface area is 135 Å². The average molecular weight is 331 g/mol. The zero-order valence-electron chi connectivity index (χ0n) is 11.7. The van der Waals surface area contributed by atoms with E-state index < -0.39 is 23.3 Å². The van der Waals surface area contributed by atoms with Gasteiger partial charge in [0.05, 0.1) is 22.3 Å². The zero-order chi connectivity index (χ0) is 16.8. The molecule has 0 aromatic heterocycles. The molecule has 1 amide bonds. The molecule has 8 heteroatoms. The Morgan fingerprint density at radius 1 is 1.13 bits per heavy atom. The van der Waals surface area contributed by atoms with E-state index in [0.29, 0.717) is 4.90 Å². The van der Waals surface area contributed by atoms with E-state index in [0.717, 1.165) is 11.0 Å². The van der Waals surface area contributed by atoms with Gasteiger partial charge < -0.3 is 15.2 Å². The molecule has 0 fully saturated rings. The Hall–Kier alpha value is -2.87. The Morgan fingerprint density at radius 2 is 1.83 bits per heavy atom. The maximum atomic E-state index is 11.8. The van der Waals surface area contributed by atoms with Crippen LogP contribution in [-0.2, 0) is 4.79 Å². The van der Waals surface area contributed by atoms with E-state index >= 15 is 0 Å². The highest BCUT2D eigenvalue weighted by Gasteiger charge is 2.18. The first-order valence-corrected chi connectivity index (χ1v) is 7.28. The molecule has 0 unspecified atom stereocenters. The summed E-state index contributed by atoms with van der Waals surface area (Å²) in [6, 6.07) is 13.1. The van der Waals surface area contributed by atoms with Gasteiger partial charge in [0, 0.05) is 16.5 Å². The molecular formula is C15H11N2O5S-. The molecule has 0 saturated heterocycles. The molecule has 2 rings (SSSR count). The Balaban J connectivity index is 2.26. The molecule has 2 aromatic carbocycles. The predicted molar refractivity (Wildman–Crippen MR) is 81.0 cm³/mol. The van der Waals surface area contributed by atoms with Gasteiger partial charge in [-0.15, -0.1) is 0 Å². The van der Waals surface area contributed by atoms with Gasteiger partial charge in [0.15, 0.2) is 0 Å². The van der Waals surface area contributed by atoms with Gasteiger partial charge in [-0.2, -0.15) is 0 Å². The second-order valence-corrected chi connectivity index (χ2v) is 5.52. The van der Waals surface area contributed by atoms with Crippen LogP contribution in [-0.4, -0.2) is 23.3 Å². The van der Waals surface area contributed by atoms with Crippen LogP contribution in [0, 0.1) is 10.1 Å². The van der Waals surface area contributed by atoms with Crippen molar-refractivity contribution in [3.63, 3.8) is 0 Å². The van der Waals surface area contributed by atoms with Gasteiger partial charge in [-0.25, -0.2) is 0 Å². The third kappa shape index (κ3) is 4.55. The van der Waals surface area contributed by atoms with Crippen molar-refractivity contribution < 1.29 is 19.6 Å². The lowest BCUT2D eigenvalue weighted by atomic mass is 10.2. The highest BCUT2D eigenvalue weighted by Crippen LogP contribution is 2.35. The van der Waals surface area contributed by atoms with Crippen molar-refractivity contribution in [3.05, 3.63) is 64.2 Å². The highest BCUT2D eigenvalue weighted by atomic mass is 32.2. The van der Waals surface area contributed by atoms with E-state index in [4.69, 9.17) is 0 Å². The number of amides is 1. The van der Waals surface area contributed by atoms with Crippen LogP contribution in [0.25, 0.3) is 0 Å². The lowest BCUT2D eigenvalue weighted by Gasteiger charge is -2.07. The molecule has 0 aliphatic carbocycles. The number of carboxylic acids is 1. The largest absolute Gasteiger partial charge is 0.548 e. The average Bonchev–Trinajstić information content (AvgIpc) is 2.53. The van der Waals surface area contributed by atoms with E-state index in [1.165, 1.54) is 23.9 Å². The first kappa shape index (κ1) is 16.5. The molecular weight excluding hydrogens is 320 g/mol. The van der Waals surface area contributed by atoms with Crippen LogP contribution in [0.4, 0.5) is 5.69 Å². The summed E-state index contributed by atoms with van der Waals surface area (Å²) >= 11 is 1.20. The third-order valence-electron chi connectivity index (χ3n) is 2.78. The van der Waals surface area contributed by atoms with E-state index in [2.05, 4.69) is 5.32 Å². The lowest BCUT2D eigenvalue weighted by Crippen LogP contribution is -2.37. The van der Waals surface area contributed by atoms with Crippen LogP contribution in [0.15, 0.2) is 58.3 Å². The third-order valence-corrected chi connectivity index (χ3v) is 3.86. The number of carboxylic acid groups (broad SMARTS) is 1. The van der Waals surface area contributed by atoms with Gasteiger partial charge in [-0.3, -0.25) is 14.9 Å².